The number of ether oxygens (including phenoxy) is 4. The van der Waals surface area contributed by atoms with Gasteiger partial charge in [-0.15, -0.1) is 0 Å². The van der Waals surface area contributed by atoms with Gasteiger partial charge in [0.1, 0.15) is 11.3 Å². The lowest BCUT2D eigenvalue weighted by Gasteiger charge is -2.15. The summed E-state index contributed by atoms with van der Waals surface area (Å²) in [5.74, 6) is -1.44. The van der Waals surface area contributed by atoms with E-state index in [9.17, 15) is 14.4 Å². The first-order chi connectivity index (χ1) is 20.4. The lowest BCUT2D eigenvalue weighted by molar-refractivity contribution is -0.123. The van der Waals surface area contributed by atoms with Crippen LogP contribution in [-0.2, 0) is 20.7 Å². The molecule has 11 heteroatoms. The highest BCUT2D eigenvalue weighted by atomic mass is 35.5. The van der Waals surface area contributed by atoms with Crippen molar-refractivity contribution in [1.29, 1.82) is 0 Å². The molecule has 4 rings (SSSR count). The van der Waals surface area contributed by atoms with Gasteiger partial charge in [-0.05, 0) is 37.1 Å². The topological polar surface area (TPSA) is 118 Å². The maximum atomic E-state index is 13.0. The monoisotopic (exact) mass is 591 g/mol. The SMILES string of the molecule is CCOc1cc(-c2nn(-c3ccccc3)c(C(=O)OC)c2C(=O)OC)c(Cl)cc1OCC(=O)NCCc1ccccc1. The lowest BCUT2D eigenvalue weighted by Crippen LogP contribution is -2.30. The first-order valence-electron chi connectivity index (χ1n) is 13.1. The predicted octanol–water partition coefficient (Wildman–Crippen LogP) is 4.90. The Hall–Kier alpha value is -4.83. The molecule has 3 aromatic carbocycles. The molecule has 0 radical (unpaired) electrons. The Bertz CT molecular complexity index is 1560. The molecular formula is C31H30ClN3O7. The summed E-state index contributed by atoms with van der Waals surface area (Å²) in [5.41, 5.74) is 1.70. The molecule has 0 aliphatic carbocycles. The number of esters is 2. The molecule has 10 nitrogen and oxygen atoms in total. The molecule has 0 saturated carbocycles. The van der Waals surface area contributed by atoms with Crippen LogP contribution in [0.4, 0.5) is 0 Å². The second-order valence-corrected chi connectivity index (χ2v) is 9.30. The van der Waals surface area contributed by atoms with Crippen molar-refractivity contribution in [1.82, 2.24) is 15.1 Å². The number of nitrogens with one attached hydrogen (secondary N) is 1. The smallest absolute Gasteiger partial charge is 0.357 e. The Morgan fingerprint density at radius 2 is 1.52 bits per heavy atom. The summed E-state index contributed by atoms with van der Waals surface area (Å²) in [7, 11) is 2.40. The van der Waals surface area contributed by atoms with Crippen LogP contribution in [0.15, 0.2) is 72.8 Å². The molecule has 1 heterocycles. The number of hydrogen-bond acceptors (Lipinski definition) is 8. The van der Waals surface area contributed by atoms with Gasteiger partial charge in [0.05, 0.1) is 31.5 Å². The fourth-order valence-electron chi connectivity index (χ4n) is 4.23. The first kappa shape index (κ1) is 30.1. The van der Waals surface area contributed by atoms with E-state index in [1.807, 2.05) is 30.3 Å². The normalized spacial score (nSPS) is 10.6. The van der Waals surface area contributed by atoms with Gasteiger partial charge < -0.3 is 24.3 Å². The Morgan fingerprint density at radius 3 is 2.17 bits per heavy atom. The van der Waals surface area contributed by atoms with Crippen molar-refractivity contribution in [3.05, 3.63) is 94.6 Å². The molecule has 0 aliphatic heterocycles. The largest absolute Gasteiger partial charge is 0.490 e. The molecule has 1 amide bonds. The number of carbonyl (C=O) groups excluding carboxylic acids is 3. The molecule has 0 spiro atoms. The van der Waals surface area contributed by atoms with Gasteiger partial charge in [-0.2, -0.15) is 5.10 Å². The summed E-state index contributed by atoms with van der Waals surface area (Å²) in [5, 5.41) is 7.55. The quantitative estimate of drug-likeness (QED) is 0.231. The van der Waals surface area contributed by atoms with E-state index in [2.05, 4.69) is 10.4 Å². The minimum atomic E-state index is -0.811. The van der Waals surface area contributed by atoms with Crippen LogP contribution >= 0.6 is 11.6 Å². The summed E-state index contributed by atoms with van der Waals surface area (Å²) in [4.78, 5) is 38.4. The summed E-state index contributed by atoms with van der Waals surface area (Å²) in [6.07, 6.45) is 0.684. The van der Waals surface area contributed by atoms with E-state index >= 15 is 0 Å². The maximum absolute atomic E-state index is 13.0. The molecule has 0 aliphatic rings. The summed E-state index contributed by atoms with van der Waals surface area (Å²) >= 11 is 6.69. The molecular weight excluding hydrogens is 562 g/mol. The van der Waals surface area contributed by atoms with Gasteiger partial charge >= 0.3 is 11.9 Å². The summed E-state index contributed by atoms with van der Waals surface area (Å²) < 4.78 is 22.8. The highest BCUT2D eigenvalue weighted by Crippen LogP contribution is 2.40. The van der Waals surface area contributed by atoms with Gasteiger partial charge in [0.2, 0.25) is 0 Å². The Balaban J connectivity index is 1.67. The molecule has 0 bridgehead atoms. The highest BCUT2D eigenvalue weighted by Gasteiger charge is 2.32. The van der Waals surface area contributed by atoms with E-state index in [0.717, 1.165) is 5.56 Å². The van der Waals surface area contributed by atoms with Crippen LogP contribution < -0.4 is 14.8 Å². The van der Waals surface area contributed by atoms with E-state index in [0.29, 0.717) is 18.7 Å². The van der Waals surface area contributed by atoms with Crippen molar-refractivity contribution in [3.63, 3.8) is 0 Å². The van der Waals surface area contributed by atoms with Gasteiger partial charge in [-0.3, -0.25) is 4.79 Å². The van der Waals surface area contributed by atoms with E-state index in [1.165, 1.54) is 25.0 Å². The van der Waals surface area contributed by atoms with E-state index in [4.69, 9.17) is 30.5 Å². The zero-order chi connectivity index (χ0) is 30.1. The van der Waals surface area contributed by atoms with Crippen molar-refractivity contribution in [2.24, 2.45) is 0 Å². The Kier molecular flexibility index (Phi) is 10.2. The maximum Gasteiger partial charge on any atom is 0.357 e. The number of amides is 1. The highest BCUT2D eigenvalue weighted by molar-refractivity contribution is 6.33. The van der Waals surface area contributed by atoms with Crippen molar-refractivity contribution in [2.75, 3.05) is 34.0 Å². The number of halogens is 1. The van der Waals surface area contributed by atoms with Crippen molar-refractivity contribution in [3.8, 4) is 28.4 Å². The van der Waals surface area contributed by atoms with Gasteiger partial charge in [0.15, 0.2) is 23.8 Å². The molecule has 0 unspecified atom stereocenters. The van der Waals surface area contributed by atoms with Crippen LogP contribution in [0.25, 0.3) is 16.9 Å². The fraction of sp³-hybridized carbons (Fsp3) is 0.226. The molecule has 42 heavy (non-hydrogen) atoms. The molecule has 1 aromatic heterocycles. The zero-order valence-corrected chi connectivity index (χ0v) is 24.1. The third-order valence-corrected chi connectivity index (χ3v) is 6.49. The molecule has 218 valence electrons. The standard InChI is InChI=1S/C31H30ClN3O7/c1-4-41-24-17-22(23(32)18-25(24)42-19-26(36)33-16-15-20-11-7-5-8-12-20)28-27(30(37)39-2)29(31(38)40-3)35(34-28)21-13-9-6-10-14-21/h5-14,17-18H,4,15-16,19H2,1-3H3,(H,33,36). The number of nitrogens with zero attached hydrogens (tertiary/aromatic N) is 2. The number of hydrogen-bond donors (Lipinski definition) is 1. The number of methoxy groups -OCH3 is 2. The van der Waals surface area contributed by atoms with Crippen LogP contribution in [0.5, 0.6) is 11.5 Å². The third kappa shape index (κ3) is 6.90. The van der Waals surface area contributed by atoms with Gasteiger partial charge in [-0.25, -0.2) is 14.3 Å². The van der Waals surface area contributed by atoms with Crippen LogP contribution in [-0.4, -0.2) is 61.6 Å². The second-order valence-electron chi connectivity index (χ2n) is 8.89. The van der Waals surface area contributed by atoms with E-state index in [1.54, 1.807) is 43.3 Å². The molecule has 0 saturated heterocycles. The summed E-state index contributed by atoms with van der Waals surface area (Å²) in [6.45, 7) is 2.24. The minimum absolute atomic E-state index is 0.0715. The summed E-state index contributed by atoms with van der Waals surface area (Å²) in [6, 6.07) is 21.6. The molecule has 0 fully saturated rings. The number of benzene rings is 3. The molecule has 1 N–H and O–H groups in total. The lowest BCUT2D eigenvalue weighted by atomic mass is 10.0. The number of aromatic nitrogens is 2. The molecule has 4 aromatic rings. The number of para-hydroxylation sites is 1. The zero-order valence-electron chi connectivity index (χ0n) is 23.4. The van der Waals surface area contributed by atoms with Crippen LogP contribution in [0, 0.1) is 0 Å². The third-order valence-electron chi connectivity index (χ3n) is 6.18. The van der Waals surface area contributed by atoms with Crippen molar-refractivity contribution in [2.45, 2.75) is 13.3 Å². The van der Waals surface area contributed by atoms with Gasteiger partial charge in [0.25, 0.3) is 5.91 Å². The number of carbonyl (C=O) groups is 3. The van der Waals surface area contributed by atoms with Crippen molar-refractivity contribution < 1.29 is 33.3 Å². The van der Waals surface area contributed by atoms with E-state index in [-0.39, 0.29) is 58.2 Å². The minimum Gasteiger partial charge on any atom is -0.490 e. The first-order valence-corrected chi connectivity index (χ1v) is 13.5. The average molecular weight is 592 g/mol. The van der Waals surface area contributed by atoms with E-state index < -0.39 is 11.9 Å². The molecule has 0 atom stereocenters. The van der Waals surface area contributed by atoms with Crippen molar-refractivity contribution >= 4 is 29.4 Å². The van der Waals surface area contributed by atoms with Crippen LogP contribution in [0.1, 0.15) is 33.3 Å². The average Bonchev–Trinajstić information content (AvgIpc) is 3.41. The Morgan fingerprint density at radius 1 is 0.881 bits per heavy atom. The predicted molar refractivity (Wildman–Crippen MR) is 157 cm³/mol. The van der Waals surface area contributed by atoms with Crippen LogP contribution in [0.2, 0.25) is 5.02 Å². The van der Waals surface area contributed by atoms with Crippen LogP contribution in [0.3, 0.4) is 0 Å². The second kappa shape index (κ2) is 14.2. The fourth-order valence-corrected chi connectivity index (χ4v) is 4.47. The van der Waals surface area contributed by atoms with Gasteiger partial charge in [0, 0.05) is 18.2 Å². The number of rotatable bonds is 12. The Labute approximate surface area is 248 Å². The van der Waals surface area contributed by atoms with Gasteiger partial charge in [-0.1, -0.05) is 60.1 Å².